The molecule has 0 aliphatic carbocycles. The van der Waals surface area contributed by atoms with Gasteiger partial charge < -0.3 is 9.84 Å². The molecule has 11 heteroatoms. The van der Waals surface area contributed by atoms with Crippen molar-refractivity contribution >= 4 is 0 Å². The molecule has 0 fully saturated rings. The van der Waals surface area contributed by atoms with Crippen LogP contribution >= 0.6 is 0 Å². The predicted molar refractivity (Wildman–Crippen MR) is 112 cm³/mol. The Morgan fingerprint density at radius 3 is 2.47 bits per heavy atom. The average Bonchev–Trinajstić information content (AvgIpc) is 3.46. The number of nitrogens with zero attached hydrogens (tertiary/aromatic N) is 5. The molecule has 34 heavy (non-hydrogen) atoms. The number of hydrogen-bond acceptors (Lipinski definition) is 5. The van der Waals surface area contributed by atoms with Crippen molar-refractivity contribution in [2.24, 2.45) is 0 Å². The van der Waals surface area contributed by atoms with Gasteiger partial charge in [0.25, 0.3) is 0 Å². The SMILES string of the molecule is C[C@@H](OCc1ccn(Cc2c(F)cccc2F)n1)[C@](O)(Cn1cncn1)c1ccc(F)cc1F. The molecule has 2 aromatic carbocycles. The molecule has 1 N–H and O–H groups in total. The Morgan fingerprint density at radius 1 is 1.03 bits per heavy atom. The molecule has 4 aromatic rings. The zero-order valence-electron chi connectivity index (χ0n) is 18.1. The highest BCUT2D eigenvalue weighted by Crippen LogP contribution is 2.32. The number of hydrogen-bond donors (Lipinski definition) is 1. The van der Waals surface area contributed by atoms with Gasteiger partial charge in [-0.15, -0.1) is 0 Å². The van der Waals surface area contributed by atoms with Gasteiger partial charge in [-0.2, -0.15) is 10.2 Å². The van der Waals surface area contributed by atoms with E-state index < -0.39 is 35.0 Å². The van der Waals surface area contributed by atoms with E-state index in [-0.39, 0.29) is 30.8 Å². The van der Waals surface area contributed by atoms with Crippen LogP contribution in [0.1, 0.15) is 23.7 Å². The molecule has 178 valence electrons. The maximum absolute atomic E-state index is 14.6. The molecule has 0 saturated heterocycles. The van der Waals surface area contributed by atoms with E-state index in [0.717, 1.165) is 24.3 Å². The van der Waals surface area contributed by atoms with Gasteiger partial charge in [-0.25, -0.2) is 27.2 Å². The van der Waals surface area contributed by atoms with E-state index in [0.29, 0.717) is 11.8 Å². The Balaban J connectivity index is 1.51. The van der Waals surface area contributed by atoms with Crippen molar-refractivity contribution in [3.05, 3.63) is 101 Å². The number of aromatic nitrogens is 5. The van der Waals surface area contributed by atoms with Crippen molar-refractivity contribution < 1.29 is 27.4 Å². The van der Waals surface area contributed by atoms with Crippen molar-refractivity contribution in [1.82, 2.24) is 24.5 Å². The molecule has 4 rings (SSSR count). The highest BCUT2D eigenvalue weighted by atomic mass is 19.1. The first-order valence-corrected chi connectivity index (χ1v) is 10.3. The van der Waals surface area contributed by atoms with Crippen LogP contribution in [0.4, 0.5) is 17.6 Å². The van der Waals surface area contributed by atoms with Crippen molar-refractivity contribution in [3.8, 4) is 0 Å². The molecule has 0 aliphatic heterocycles. The second kappa shape index (κ2) is 9.74. The fraction of sp³-hybridized carbons (Fsp3) is 0.261. The molecule has 0 spiro atoms. The Morgan fingerprint density at radius 2 is 1.79 bits per heavy atom. The van der Waals surface area contributed by atoms with Crippen LogP contribution < -0.4 is 0 Å². The maximum Gasteiger partial charge on any atom is 0.138 e. The minimum absolute atomic E-state index is 0.0869. The van der Waals surface area contributed by atoms with Crippen molar-refractivity contribution in [1.29, 1.82) is 0 Å². The molecular weight excluding hydrogens is 454 g/mol. The van der Waals surface area contributed by atoms with Crippen molar-refractivity contribution in [2.45, 2.75) is 38.3 Å². The Bertz CT molecular complexity index is 1240. The van der Waals surface area contributed by atoms with E-state index in [9.17, 15) is 22.7 Å². The lowest BCUT2D eigenvalue weighted by atomic mass is 9.88. The largest absolute Gasteiger partial charge is 0.380 e. The topological polar surface area (TPSA) is 78.0 Å². The number of rotatable bonds is 9. The van der Waals surface area contributed by atoms with Gasteiger partial charge in [0.15, 0.2) is 0 Å². The first-order valence-electron chi connectivity index (χ1n) is 10.3. The van der Waals surface area contributed by atoms with E-state index in [2.05, 4.69) is 15.2 Å². The standard InChI is InChI=1S/C23H21F4N5O2/c1-15(23(33,12-32-14-28-13-29-32)19-6-5-16(24)9-22(19)27)34-11-17-7-8-31(30-17)10-18-20(25)3-2-4-21(18)26/h2-9,13-15,33H,10-12H2,1H3/t15-,23-/m1/s1. The molecule has 2 atom stereocenters. The number of halogens is 4. The van der Waals surface area contributed by atoms with Crippen LogP contribution in [0.3, 0.4) is 0 Å². The molecule has 7 nitrogen and oxygen atoms in total. The third kappa shape index (κ3) is 5.00. The van der Waals surface area contributed by atoms with E-state index in [1.54, 1.807) is 6.07 Å². The number of aliphatic hydroxyl groups is 1. The number of benzene rings is 2. The molecular formula is C23H21F4N5O2. The minimum Gasteiger partial charge on any atom is -0.380 e. The van der Waals surface area contributed by atoms with E-state index in [1.807, 2.05) is 0 Å². The van der Waals surface area contributed by atoms with Gasteiger partial charge in [0.1, 0.15) is 41.5 Å². The van der Waals surface area contributed by atoms with Crippen LogP contribution in [0.15, 0.2) is 61.3 Å². The fourth-order valence-corrected chi connectivity index (χ4v) is 3.60. The highest BCUT2D eigenvalue weighted by Gasteiger charge is 2.40. The smallest absolute Gasteiger partial charge is 0.138 e. The zero-order chi connectivity index (χ0) is 24.3. The summed E-state index contributed by atoms with van der Waals surface area (Å²) in [4.78, 5) is 3.82. The summed E-state index contributed by atoms with van der Waals surface area (Å²) in [6.45, 7) is 1.12. The lowest BCUT2D eigenvalue weighted by Crippen LogP contribution is -2.44. The molecule has 0 aliphatic rings. The minimum atomic E-state index is -1.93. The van der Waals surface area contributed by atoms with E-state index in [4.69, 9.17) is 4.74 Å². The van der Waals surface area contributed by atoms with Crippen LogP contribution in [-0.2, 0) is 30.0 Å². The first-order chi connectivity index (χ1) is 16.3. The summed E-state index contributed by atoms with van der Waals surface area (Å²) in [7, 11) is 0. The monoisotopic (exact) mass is 475 g/mol. The maximum atomic E-state index is 14.6. The normalized spacial score (nSPS) is 14.2. The third-order valence-corrected chi connectivity index (χ3v) is 5.50. The number of ether oxygens (including phenoxy) is 1. The van der Waals surface area contributed by atoms with Gasteiger partial charge in [-0.1, -0.05) is 12.1 Å². The lowest BCUT2D eigenvalue weighted by molar-refractivity contribution is -0.124. The van der Waals surface area contributed by atoms with Crippen LogP contribution in [0, 0.1) is 23.3 Å². The summed E-state index contributed by atoms with van der Waals surface area (Å²) >= 11 is 0. The van der Waals surface area contributed by atoms with E-state index >= 15 is 0 Å². The molecule has 0 saturated carbocycles. The summed E-state index contributed by atoms with van der Waals surface area (Å²) < 4.78 is 64.3. The van der Waals surface area contributed by atoms with Crippen molar-refractivity contribution in [3.63, 3.8) is 0 Å². The second-order valence-electron chi connectivity index (χ2n) is 7.80. The quantitative estimate of drug-likeness (QED) is 0.375. The molecule has 0 bridgehead atoms. The van der Waals surface area contributed by atoms with Crippen LogP contribution in [0.2, 0.25) is 0 Å². The highest BCUT2D eigenvalue weighted by molar-refractivity contribution is 5.26. The zero-order valence-corrected chi connectivity index (χ0v) is 18.1. The van der Waals surface area contributed by atoms with Gasteiger partial charge in [0.2, 0.25) is 0 Å². The molecule has 2 heterocycles. The van der Waals surface area contributed by atoms with Gasteiger partial charge >= 0.3 is 0 Å². The van der Waals surface area contributed by atoms with Crippen LogP contribution in [-0.4, -0.2) is 35.8 Å². The second-order valence-corrected chi connectivity index (χ2v) is 7.80. The summed E-state index contributed by atoms with van der Waals surface area (Å²) in [6.07, 6.45) is 3.16. The third-order valence-electron chi connectivity index (χ3n) is 5.50. The van der Waals surface area contributed by atoms with Crippen molar-refractivity contribution in [2.75, 3.05) is 0 Å². The van der Waals surface area contributed by atoms with Crippen LogP contribution in [0.5, 0.6) is 0 Å². The van der Waals surface area contributed by atoms with Gasteiger partial charge in [0.05, 0.1) is 31.5 Å². The Labute approximate surface area is 192 Å². The van der Waals surface area contributed by atoms with E-state index in [1.165, 1.54) is 41.2 Å². The molecule has 2 aromatic heterocycles. The lowest BCUT2D eigenvalue weighted by Gasteiger charge is -2.34. The van der Waals surface area contributed by atoms with Gasteiger partial charge in [-0.05, 0) is 31.2 Å². The first kappa shape index (κ1) is 23.6. The average molecular weight is 475 g/mol. The van der Waals surface area contributed by atoms with Gasteiger partial charge in [-0.3, -0.25) is 4.68 Å². The molecule has 0 amide bonds. The fourth-order valence-electron chi connectivity index (χ4n) is 3.60. The molecule has 0 unspecified atom stereocenters. The Kier molecular flexibility index (Phi) is 6.75. The van der Waals surface area contributed by atoms with Crippen LogP contribution in [0.25, 0.3) is 0 Å². The summed E-state index contributed by atoms with van der Waals surface area (Å²) in [5, 5.41) is 19.6. The summed E-state index contributed by atoms with van der Waals surface area (Å²) in [6, 6.07) is 8.08. The summed E-state index contributed by atoms with van der Waals surface area (Å²) in [5.41, 5.74) is -1.80. The Hall–Kier alpha value is -3.57. The predicted octanol–water partition coefficient (Wildman–Crippen LogP) is 3.57. The molecule has 0 radical (unpaired) electrons. The summed E-state index contributed by atoms with van der Waals surface area (Å²) in [5.74, 6) is -3.08. The van der Waals surface area contributed by atoms with Gasteiger partial charge in [0, 0.05) is 23.4 Å².